The highest BCUT2D eigenvalue weighted by molar-refractivity contribution is 5.85. The van der Waals surface area contributed by atoms with Crippen LogP contribution >= 0.6 is 0 Å². The van der Waals surface area contributed by atoms with Gasteiger partial charge in [-0.2, -0.15) is 0 Å². The Hall–Kier alpha value is -2.86. The number of amidine groups is 1. The van der Waals surface area contributed by atoms with Crippen LogP contribution in [0.15, 0.2) is 53.5 Å². The molecule has 1 aliphatic carbocycles. The topological polar surface area (TPSA) is 88.1 Å². The van der Waals surface area contributed by atoms with Crippen molar-refractivity contribution in [3.8, 4) is 5.75 Å². The van der Waals surface area contributed by atoms with Crippen molar-refractivity contribution in [3.63, 3.8) is 0 Å². The minimum Gasteiger partial charge on any atom is -0.492 e. The van der Waals surface area contributed by atoms with Crippen LogP contribution in [0.3, 0.4) is 0 Å². The second kappa shape index (κ2) is 8.22. The van der Waals surface area contributed by atoms with E-state index >= 15 is 0 Å². The predicted octanol–water partition coefficient (Wildman–Crippen LogP) is 2.23. The summed E-state index contributed by atoms with van der Waals surface area (Å²) in [5.74, 6) is 0.512. The van der Waals surface area contributed by atoms with Crippen LogP contribution in [0, 0.1) is 0 Å². The number of nitrogens with zero attached hydrogens (tertiary/aromatic N) is 2. The van der Waals surface area contributed by atoms with Gasteiger partial charge in [0.1, 0.15) is 18.2 Å². The Morgan fingerprint density at radius 3 is 2.74 bits per heavy atom. The van der Waals surface area contributed by atoms with Gasteiger partial charge < -0.3 is 20.5 Å². The third-order valence-electron chi connectivity index (χ3n) is 4.87. The number of carbonyl (C=O) groups is 1. The number of benzene rings is 2. The molecule has 3 N–H and O–H groups in total. The Kier molecular flexibility index (Phi) is 5.76. The molecule has 0 aliphatic heterocycles. The highest BCUT2D eigenvalue weighted by Crippen LogP contribution is 2.35. The summed E-state index contributed by atoms with van der Waals surface area (Å²) < 4.78 is 5.71. The maximum Gasteiger partial charge on any atom is 0.227 e. The van der Waals surface area contributed by atoms with E-state index in [1.807, 2.05) is 67.4 Å². The van der Waals surface area contributed by atoms with Crippen molar-refractivity contribution in [2.45, 2.75) is 25.4 Å². The van der Waals surface area contributed by atoms with Crippen LogP contribution in [-0.4, -0.2) is 48.1 Å². The van der Waals surface area contributed by atoms with Gasteiger partial charge in [-0.3, -0.25) is 4.79 Å². The first-order chi connectivity index (χ1) is 13.0. The first-order valence-corrected chi connectivity index (χ1v) is 9.00. The Labute approximate surface area is 159 Å². The van der Waals surface area contributed by atoms with E-state index in [-0.39, 0.29) is 0 Å². The first kappa shape index (κ1) is 18.9. The fourth-order valence-corrected chi connectivity index (χ4v) is 3.27. The Morgan fingerprint density at radius 2 is 2.04 bits per heavy atom. The van der Waals surface area contributed by atoms with Crippen molar-refractivity contribution in [1.29, 1.82) is 0 Å². The van der Waals surface area contributed by atoms with Gasteiger partial charge >= 0.3 is 0 Å². The number of fused-ring (bicyclic) bond motifs is 1. The van der Waals surface area contributed by atoms with Gasteiger partial charge in [-0.25, -0.2) is 4.99 Å². The molecule has 142 valence electrons. The molecule has 1 amide bonds. The van der Waals surface area contributed by atoms with Gasteiger partial charge in [-0.15, -0.1) is 0 Å². The molecule has 0 saturated carbocycles. The van der Waals surface area contributed by atoms with E-state index in [0.717, 1.165) is 28.4 Å². The van der Waals surface area contributed by atoms with Crippen LogP contribution in [0.2, 0.25) is 0 Å². The molecule has 0 radical (unpaired) electrons. The molecule has 27 heavy (non-hydrogen) atoms. The van der Waals surface area contributed by atoms with E-state index in [4.69, 9.17) is 10.5 Å². The fraction of sp³-hybridized carbons (Fsp3) is 0.333. The van der Waals surface area contributed by atoms with E-state index in [1.54, 1.807) is 0 Å². The smallest absolute Gasteiger partial charge is 0.227 e. The number of nitrogens with two attached hydrogens (primary N) is 1. The molecule has 6 heteroatoms. The highest BCUT2D eigenvalue weighted by atomic mass is 16.5. The summed E-state index contributed by atoms with van der Waals surface area (Å²) in [5.41, 5.74) is 7.92. The fourth-order valence-electron chi connectivity index (χ4n) is 3.27. The number of para-hydroxylation sites is 1. The van der Waals surface area contributed by atoms with Gasteiger partial charge in [0, 0.05) is 7.05 Å². The maximum absolute atomic E-state index is 11.7. The molecule has 0 aromatic heterocycles. The summed E-state index contributed by atoms with van der Waals surface area (Å²) in [6, 6.07) is 15.3. The number of primary amides is 1. The van der Waals surface area contributed by atoms with Gasteiger partial charge in [0.05, 0.1) is 24.3 Å². The summed E-state index contributed by atoms with van der Waals surface area (Å²) in [6.45, 7) is 3.17. The van der Waals surface area contributed by atoms with E-state index < -0.39 is 17.9 Å². The second-order valence-electron chi connectivity index (χ2n) is 6.78. The van der Waals surface area contributed by atoms with E-state index in [2.05, 4.69) is 4.99 Å². The highest BCUT2D eigenvalue weighted by Gasteiger charge is 2.35. The quantitative estimate of drug-likeness (QED) is 0.605. The van der Waals surface area contributed by atoms with E-state index in [9.17, 15) is 9.90 Å². The molecule has 0 spiro atoms. The normalized spacial score (nSPS) is 18.9. The molecule has 0 saturated heterocycles. The predicted molar refractivity (Wildman–Crippen MR) is 105 cm³/mol. The van der Waals surface area contributed by atoms with Gasteiger partial charge in [-0.1, -0.05) is 24.3 Å². The third-order valence-corrected chi connectivity index (χ3v) is 4.87. The lowest BCUT2D eigenvalue weighted by Crippen LogP contribution is -2.29. The summed E-state index contributed by atoms with van der Waals surface area (Å²) in [5, 5.41) is 10.1. The van der Waals surface area contributed by atoms with Crippen LogP contribution in [0.25, 0.3) is 0 Å². The lowest BCUT2D eigenvalue weighted by Gasteiger charge is -2.19. The second-order valence-corrected chi connectivity index (χ2v) is 6.78. The number of carbonyl (C=O) groups excluding carboxylic acids is 1. The molecule has 3 rings (SSSR count). The van der Waals surface area contributed by atoms with Crippen molar-refractivity contribution in [3.05, 3.63) is 59.7 Å². The number of hydrogen-bond donors (Lipinski definition) is 2. The molecule has 0 heterocycles. The van der Waals surface area contributed by atoms with Crippen molar-refractivity contribution in [2.75, 3.05) is 20.2 Å². The number of ether oxygens (including phenoxy) is 1. The molecule has 1 aliphatic rings. The Morgan fingerprint density at radius 1 is 1.30 bits per heavy atom. The summed E-state index contributed by atoms with van der Waals surface area (Å²) in [6.07, 6.45) is -0.307. The molecule has 0 fully saturated rings. The minimum absolute atomic E-state index is 0.447. The van der Waals surface area contributed by atoms with Gasteiger partial charge in [0.2, 0.25) is 5.91 Å². The van der Waals surface area contributed by atoms with E-state index in [0.29, 0.717) is 19.6 Å². The Bertz CT molecular complexity index is 836. The summed E-state index contributed by atoms with van der Waals surface area (Å²) in [7, 11) is 1.95. The molecule has 2 aromatic rings. The molecule has 2 aromatic carbocycles. The first-order valence-electron chi connectivity index (χ1n) is 9.00. The van der Waals surface area contributed by atoms with E-state index in [1.165, 1.54) is 0 Å². The molecule has 2 atom stereocenters. The van der Waals surface area contributed by atoms with Gasteiger partial charge in [-0.05, 0) is 48.7 Å². The largest absolute Gasteiger partial charge is 0.492 e. The average molecular weight is 367 g/mol. The summed E-state index contributed by atoms with van der Waals surface area (Å²) >= 11 is 0. The zero-order valence-electron chi connectivity index (χ0n) is 15.6. The van der Waals surface area contributed by atoms with Crippen LogP contribution in [-0.2, 0) is 11.2 Å². The molecule has 2 unspecified atom stereocenters. The number of likely N-dealkylation sites (N-methyl/N-ethyl adjacent to an activating group) is 1. The van der Waals surface area contributed by atoms with Gasteiger partial charge in [0.25, 0.3) is 0 Å². The third kappa shape index (κ3) is 4.46. The standard InChI is InChI=1S/C21H25N3O3/c1-14(24(2)10-11-27-17-6-4-3-5-7-17)23-16-9-8-15-12-19(25)20(21(22)26)18(15)13-16/h3-9,13,19-20,25H,10-12H2,1-2H3,(H2,22,26). The molecular formula is C21H25N3O3. The number of rotatable bonds is 6. The number of amides is 1. The van der Waals surface area contributed by atoms with Crippen LogP contribution < -0.4 is 10.5 Å². The molecular weight excluding hydrogens is 342 g/mol. The number of aliphatic hydroxyl groups is 1. The number of aliphatic hydroxyl groups excluding tert-OH is 1. The van der Waals surface area contributed by atoms with Crippen molar-refractivity contribution >= 4 is 17.4 Å². The monoisotopic (exact) mass is 367 g/mol. The van der Waals surface area contributed by atoms with Crippen molar-refractivity contribution in [1.82, 2.24) is 4.90 Å². The zero-order chi connectivity index (χ0) is 19.4. The lowest BCUT2D eigenvalue weighted by atomic mass is 9.99. The van der Waals surface area contributed by atoms with Crippen LogP contribution in [0.5, 0.6) is 5.75 Å². The average Bonchev–Trinajstić information content (AvgIpc) is 2.97. The number of aliphatic imine (C=N–C) groups is 1. The Balaban J connectivity index is 1.64. The van der Waals surface area contributed by atoms with Gasteiger partial charge in [0.15, 0.2) is 0 Å². The SMILES string of the molecule is CC(=Nc1ccc2c(c1)C(C(N)=O)C(O)C2)N(C)CCOc1ccccc1. The minimum atomic E-state index is -0.754. The van der Waals surface area contributed by atoms with Crippen LogP contribution in [0.1, 0.15) is 24.0 Å². The van der Waals surface area contributed by atoms with Crippen molar-refractivity contribution < 1.29 is 14.6 Å². The molecule has 6 nitrogen and oxygen atoms in total. The number of hydrogen-bond acceptors (Lipinski definition) is 4. The maximum atomic E-state index is 11.7. The van der Waals surface area contributed by atoms with Crippen molar-refractivity contribution in [2.24, 2.45) is 10.7 Å². The lowest BCUT2D eigenvalue weighted by molar-refractivity contribution is -0.121. The summed E-state index contributed by atoms with van der Waals surface area (Å²) in [4.78, 5) is 18.3. The van der Waals surface area contributed by atoms with Crippen LogP contribution in [0.4, 0.5) is 5.69 Å². The molecule has 0 bridgehead atoms. The zero-order valence-corrected chi connectivity index (χ0v) is 15.6.